The fourth-order valence-corrected chi connectivity index (χ4v) is 2.86. The van der Waals surface area contributed by atoms with Gasteiger partial charge in [-0.25, -0.2) is 4.98 Å². The number of aromatic nitrogens is 2. The predicted octanol–water partition coefficient (Wildman–Crippen LogP) is 1.77. The normalized spacial score (nSPS) is 21.1. The minimum Gasteiger partial charge on any atom is -0.352 e. The van der Waals surface area contributed by atoms with Gasteiger partial charge in [0.25, 0.3) is 5.56 Å². The highest BCUT2D eigenvalue weighted by Crippen LogP contribution is 2.22. The molecule has 1 N–H and O–H groups in total. The summed E-state index contributed by atoms with van der Waals surface area (Å²) in [5.74, 6) is 1.25. The first-order valence-corrected chi connectivity index (χ1v) is 6.78. The summed E-state index contributed by atoms with van der Waals surface area (Å²) in [5.41, 5.74) is -0.0815. The monoisotopic (exact) mass is 285 g/mol. The van der Waals surface area contributed by atoms with Gasteiger partial charge in [0.1, 0.15) is 0 Å². The van der Waals surface area contributed by atoms with Crippen molar-refractivity contribution in [3.63, 3.8) is 0 Å². The van der Waals surface area contributed by atoms with Crippen molar-refractivity contribution in [3.8, 4) is 0 Å². The van der Waals surface area contributed by atoms with Crippen LogP contribution >= 0.6 is 15.9 Å². The molecule has 1 unspecified atom stereocenters. The molecule has 2 rings (SSSR count). The quantitative estimate of drug-likeness (QED) is 0.862. The summed E-state index contributed by atoms with van der Waals surface area (Å²) in [7, 11) is 0. The Morgan fingerprint density at radius 2 is 2.50 bits per heavy atom. The largest absolute Gasteiger partial charge is 0.352 e. The number of rotatable bonds is 3. The number of H-pyrrole nitrogens is 1. The van der Waals surface area contributed by atoms with Crippen LogP contribution in [0, 0.1) is 5.92 Å². The fraction of sp³-hybridized carbons (Fsp3) is 0.636. The summed E-state index contributed by atoms with van der Waals surface area (Å²) in [4.78, 5) is 20.6. The molecule has 1 fully saturated rings. The first-order valence-electron chi connectivity index (χ1n) is 5.66. The van der Waals surface area contributed by atoms with Crippen molar-refractivity contribution in [2.45, 2.75) is 19.3 Å². The molecule has 2 heterocycles. The highest BCUT2D eigenvalue weighted by molar-refractivity contribution is 9.09. The maximum Gasteiger partial charge on any atom is 0.290 e. The van der Waals surface area contributed by atoms with Crippen LogP contribution in [-0.2, 0) is 0 Å². The Kier molecular flexibility index (Phi) is 3.98. The van der Waals surface area contributed by atoms with E-state index in [1.165, 1.54) is 12.8 Å². The number of alkyl halides is 1. The average Bonchev–Trinajstić information content (AvgIpc) is 2.30. The van der Waals surface area contributed by atoms with Crippen molar-refractivity contribution in [2.24, 2.45) is 5.92 Å². The highest BCUT2D eigenvalue weighted by atomic mass is 79.9. The van der Waals surface area contributed by atoms with E-state index in [0.29, 0.717) is 11.7 Å². The number of halogens is 1. The van der Waals surface area contributed by atoms with Crippen LogP contribution in [0.4, 0.5) is 5.82 Å². The van der Waals surface area contributed by atoms with Crippen molar-refractivity contribution in [3.05, 3.63) is 22.7 Å². The highest BCUT2D eigenvalue weighted by Gasteiger charge is 2.21. The van der Waals surface area contributed by atoms with E-state index in [2.05, 4.69) is 30.8 Å². The molecule has 16 heavy (non-hydrogen) atoms. The minimum atomic E-state index is -0.0815. The molecule has 0 amide bonds. The first kappa shape index (κ1) is 11.6. The molecule has 0 spiro atoms. The van der Waals surface area contributed by atoms with Crippen LogP contribution in [0.25, 0.3) is 0 Å². The topological polar surface area (TPSA) is 49.0 Å². The van der Waals surface area contributed by atoms with Crippen LogP contribution in [0.15, 0.2) is 17.2 Å². The fourth-order valence-electron chi connectivity index (χ4n) is 2.22. The lowest BCUT2D eigenvalue weighted by molar-refractivity contribution is 0.405. The zero-order chi connectivity index (χ0) is 11.4. The molecule has 5 heteroatoms. The molecule has 0 aromatic carbocycles. The second-order valence-electron chi connectivity index (χ2n) is 4.17. The van der Waals surface area contributed by atoms with Crippen LogP contribution in [0.1, 0.15) is 19.3 Å². The van der Waals surface area contributed by atoms with Crippen LogP contribution in [0.3, 0.4) is 0 Å². The van der Waals surface area contributed by atoms with E-state index in [1.54, 1.807) is 12.4 Å². The van der Waals surface area contributed by atoms with Gasteiger partial charge in [-0.05, 0) is 25.2 Å². The van der Waals surface area contributed by atoms with Crippen molar-refractivity contribution in [1.29, 1.82) is 0 Å². The van der Waals surface area contributed by atoms with Crippen LogP contribution in [0.5, 0.6) is 0 Å². The number of hydrogen-bond acceptors (Lipinski definition) is 3. The smallest absolute Gasteiger partial charge is 0.290 e. The third-order valence-electron chi connectivity index (χ3n) is 3.02. The van der Waals surface area contributed by atoms with Crippen LogP contribution in [-0.4, -0.2) is 28.4 Å². The van der Waals surface area contributed by atoms with E-state index in [1.807, 2.05) is 0 Å². The molecule has 1 saturated heterocycles. The van der Waals surface area contributed by atoms with Gasteiger partial charge in [0, 0.05) is 30.8 Å². The molecule has 0 saturated carbocycles. The van der Waals surface area contributed by atoms with Crippen molar-refractivity contribution in [2.75, 3.05) is 23.3 Å². The molecule has 0 bridgehead atoms. The average molecular weight is 286 g/mol. The third-order valence-corrected chi connectivity index (χ3v) is 3.48. The zero-order valence-corrected chi connectivity index (χ0v) is 10.7. The summed E-state index contributed by atoms with van der Waals surface area (Å²) in [5, 5.41) is 1.03. The van der Waals surface area contributed by atoms with Gasteiger partial charge in [0.05, 0.1) is 0 Å². The maximum absolute atomic E-state index is 11.6. The summed E-state index contributed by atoms with van der Waals surface area (Å²) in [6.07, 6.45) is 6.79. The van der Waals surface area contributed by atoms with Gasteiger partial charge in [-0.15, -0.1) is 0 Å². The van der Waals surface area contributed by atoms with Gasteiger partial charge in [0.15, 0.2) is 5.82 Å². The maximum atomic E-state index is 11.6. The number of aromatic amines is 1. The standard InChI is InChI=1S/C11H16BrN3O/c12-4-3-9-2-1-7-15(8-9)10-11(16)14-6-5-13-10/h5-6,9H,1-4,7-8H2,(H,14,16). The Hall–Kier alpha value is -0.840. The number of hydrogen-bond donors (Lipinski definition) is 1. The molecular formula is C11H16BrN3O. The number of piperidine rings is 1. The summed E-state index contributed by atoms with van der Waals surface area (Å²) < 4.78 is 0. The molecule has 0 radical (unpaired) electrons. The Balaban J connectivity index is 2.10. The lowest BCUT2D eigenvalue weighted by atomic mass is 9.96. The van der Waals surface area contributed by atoms with Gasteiger partial charge in [-0.1, -0.05) is 15.9 Å². The Bertz CT molecular complexity index is 391. The second-order valence-corrected chi connectivity index (χ2v) is 4.97. The summed E-state index contributed by atoms with van der Waals surface area (Å²) in [6, 6.07) is 0. The van der Waals surface area contributed by atoms with E-state index in [-0.39, 0.29) is 5.56 Å². The lowest BCUT2D eigenvalue weighted by Crippen LogP contribution is -2.39. The molecule has 1 aliphatic heterocycles. The van der Waals surface area contributed by atoms with E-state index in [0.717, 1.165) is 24.8 Å². The van der Waals surface area contributed by atoms with Gasteiger partial charge in [-0.3, -0.25) is 4.79 Å². The minimum absolute atomic E-state index is 0.0815. The van der Waals surface area contributed by atoms with E-state index >= 15 is 0 Å². The van der Waals surface area contributed by atoms with E-state index < -0.39 is 0 Å². The van der Waals surface area contributed by atoms with Gasteiger partial charge >= 0.3 is 0 Å². The van der Waals surface area contributed by atoms with Crippen LogP contribution in [0.2, 0.25) is 0 Å². The van der Waals surface area contributed by atoms with Gasteiger partial charge < -0.3 is 9.88 Å². The van der Waals surface area contributed by atoms with Crippen molar-refractivity contribution >= 4 is 21.7 Å². The third kappa shape index (κ3) is 2.64. The number of nitrogens with zero attached hydrogens (tertiary/aromatic N) is 2. The van der Waals surface area contributed by atoms with Gasteiger partial charge in [-0.2, -0.15) is 0 Å². The Labute approximate surface area is 103 Å². The molecule has 0 aliphatic carbocycles. The van der Waals surface area contributed by atoms with Gasteiger partial charge in [0.2, 0.25) is 0 Å². The molecule has 4 nitrogen and oxygen atoms in total. The lowest BCUT2D eigenvalue weighted by Gasteiger charge is -2.32. The predicted molar refractivity (Wildman–Crippen MR) is 68.2 cm³/mol. The first-order chi connectivity index (χ1) is 7.81. The molecule has 1 aliphatic rings. The number of anilines is 1. The number of nitrogens with one attached hydrogen (secondary N) is 1. The Morgan fingerprint density at radius 1 is 1.62 bits per heavy atom. The zero-order valence-electron chi connectivity index (χ0n) is 9.16. The SMILES string of the molecule is O=c1[nH]ccnc1N1CCCC(CCBr)C1. The molecule has 1 aromatic rings. The molecular weight excluding hydrogens is 270 g/mol. The van der Waals surface area contributed by atoms with E-state index in [9.17, 15) is 4.79 Å². The molecule has 88 valence electrons. The van der Waals surface area contributed by atoms with Crippen molar-refractivity contribution < 1.29 is 0 Å². The van der Waals surface area contributed by atoms with Crippen molar-refractivity contribution in [1.82, 2.24) is 9.97 Å². The van der Waals surface area contributed by atoms with Crippen LogP contribution < -0.4 is 10.5 Å². The summed E-state index contributed by atoms with van der Waals surface area (Å²) in [6.45, 7) is 1.89. The summed E-state index contributed by atoms with van der Waals surface area (Å²) >= 11 is 3.47. The van der Waals surface area contributed by atoms with E-state index in [4.69, 9.17) is 0 Å². The second kappa shape index (κ2) is 5.48. The molecule has 1 atom stereocenters. The molecule has 1 aromatic heterocycles. The Morgan fingerprint density at radius 3 is 3.25 bits per heavy atom.